The zero-order valence-electron chi connectivity index (χ0n) is 10.6. The molecule has 0 aromatic heterocycles. The topological polar surface area (TPSA) is 47.6 Å². The summed E-state index contributed by atoms with van der Waals surface area (Å²) in [5.41, 5.74) is 0. The van der Waals surface area contributed by atoms with Crippen molar-refractivity contribution in [2.24, 2.45) is 0 Å². The molecule has 3 atom stereocenters. The van der Waals surface area contributed by atoms with E-state index in [1.807, 2.05) is 6.92 Å². The Bertz CT molecular complexity index is 245. The largest absolute Gasteiger partial charge is 0.378 e. The van der Waals surface area contributed by atoms with E-state index in [-0.39, 0.29) is 18.1 Å². The predicted octanol–water partition coefficient (Wildman–Crippen LogP) is 1.63. The average molecular weight is 241 g/mol. The third-order valence-corrected chi connectivity index (χ3v) is 3.63. The standard InChI is InChI=1S/C13H23NO3/c1-10(12-5-3-9-17-12)14-13(15)7-6-11-4-2-8-16-11/h10-12H,2-9H2,1H3,(H,14,15)/t10-,11+,12-/m0/s1. The van der Waals surface area contributed by atoms with Crippen molar-refractivity contribution in [2.45, 2.75) is 63.7 Å². The predicted molar refractivity (Wildman–Crippen MR) is 64.8 cm³/mol. The number of carbonyl (C=O) groups excluding carboxylic acids is 1. The molecule has 0 aromatic rings. The lowest BCUT2D eigenvalue weighted by atomic mass is 10.1. The molecule has 0 saturated carbocycles. The van der Waals surface area contributed by atoms with Gasteiger partial charge < -0.3 is 14.8 Å². The van der Waals surface area contributed by atoms with E-state index in [2.05, 4.69) is 5.32 Å². The van der Waals surface area contributed by atoms with Gasteiger partial charge in [0.05, 0.1) is 18.2 Å². The van der Waals surface area contributed by atoms with Gasteiger partial charge in [-0.3, -0.25) is 4.79 Å². The first-order valence-corrected chi connectivity index (χ1v) is 6.78. The maximum absolute atomic E-state index is 11.7. The number of carbonyl (C=O) groups is 1. The molecule has 1 N–H and O–H groups in total. The van der Waals surface area contributed by atoms with Gasteiger partial charge in [0.25, 0.3) is 0 Å². The molecule has 0 aliphatic carbocycles. The Morgan fingerprint density at radius 2 is 2.06 bits per heavy atom. The van der Waals surface area contributed by atoms with Gasteiger partial charge in [0.15, 0.2) is 0 Å². The summed E-state index contributed by atoms with van der Waals surface area (Å²) in [7, 11) is 0. The Balaban J connectivity index is 1.62. The highest BCUT2D eigenvalue weighted by molar-refractivity contribution is 5.76. The zero-order chi connectivity index (χ0) is 12.1. The van der Waals surface area contributed by atoms with Crippen LogP contribution in [0.3, 0.4) is 0 Å². The molecule has 0 bridgehead atoms. The number of rotatable bonds is 5. The molecule has 17 heavy (non-hydrogen) atoms. The Morgan fingerprint density at radius 1 is 1.29 bits per heavy atom. The van der Waals surface area contributed by atoms with Gasteiger partial charge in [0.1, 0.15) is 0 Å². The van der Waals surface area contributed by atoms with Crippen molar-refractivity contribution < 1.29 is 14.3 Å². The van der Waals surface area contributed by atoms with E-state index < -0.39 is 0 Å². The van der Waals surface area contributed by atoms with Crippen molar-refractivity contribution in [3.63, 3.8) is 0 Å². The zero-order valence-corrected chi connectivity index (χ0v) is 10.6. The van der Waals surface area contributed by atoms with Gasteiger partial charge in [0, 0.05) is 19.6 Å². The van der Waals surface area contributed by atoms with E-state index in [1.54, 1.807) is 0 Å². The summed E-state index contributed by atoms with van der Waals surface area (Å²) in [4.78, 5) is 11.7. The average Bonchev–Trinajstić information content (AvgIpc) is 2.99. The number of nitrogens with one attached hydrogen (secondary N) is 1. The summed E-state index contributed by atoms with van der Waals surface area (Å²) < 4.78 is 11.1. The molecule has 2 rings (SSSR count). The van der Waals surface area contributed by atoms with Gasteiger partial charge in [0.2, 0.25) is 5.91 Å². The molecule has 2 heterocycles. The SMILES string of the molecule is C[C@H](NC(=O)CC[C@H]1CCCO1)[C@@H]1CCCO1. The Morgan fingerprint density at radius 3 is 2.71 bits per heavy atom. The molecular formula is C13H23NO3. The molecule has 0 aromatic carbocycles. The van der Waals surface area contributed by atoms with Crippen LogP contribution >= 0.6 is 0 Å². The van der Waals surface area contributed by atoms with Crippen LogP contribution in [0.1, 0.15) is 45.4 Å². The second kappa shape index (κ2) is 6.36. The molecule has 2 saturated heterocycles. The summed E-state index contributed by atoms with van der Waals surface area (Å²) in [6.45, 7) is 3.72. The van der Waals surface area contributed by atoms with Crippen LogP contribution in [-0.4, -0.2) is 37.4 Å². The first-order chi connectivity index (χ1) is 8.25. The van der Waals surface area contributed by atoms with Gasteiger partial charge >= 0.3 is 0 Å². The summed E-state index contributed by atoms with van der Waals surface area (Å²) in [6, 6.07) is 0.134. The van der Waals surface area contributed by atoms with Crippen LogP contribution in [0.2, 0.25) is 0 Å². The van der Waals surface area contributed by atoms with E-state index in [1.165, 1.54) is 0 Å². The van der Waals surface area contributed by atoms with Gasteiger partial charge in [-0.25, -0.2) is 0 Å². The highest BCUT2D eigenvalue weighted by Gasteiger charge is 2.24. The molecule has 1 amide bonds. The molecule has 2 fully saturated rings. The Kier molecular flexibility index (Phi) is 4.80. The Hall–Kier alpha value is -0.610. The maximum Gasteiger partial charge on any atom is 0.220 e. The quantitative estimate of drug-likeness (QED) is 0.796. The van der Waals surface area contributed by atoms with Crippen molar-refractivity contribution in [1.82, 2.24) is 5.32 Å². The second-order valence-corrected chi connectivity index (χ2v) is 5.08. The van der Waals surface area contributed by atoms with Crippen molar-refractivity contribution in [3.8, 4) is 0 Å². The third kappa shape index (κ3) is 3.96. The normalized spacial score (nSPS) is 30.4. The lowest BCUT2D eigenvalue weighted by Gasteiger charge is -2.20. The summed E-state index contributed by atoms with van der Waals surface area (Å²) in [5, 5.41) is 3.03. The van der Waals surface area contributed by atoms with Crippen molar-refractivity contribution in [2.75, 3.05) is 13.2 Å². The molecule has 2 aliphatic rings. The van der Waals surface area contributed by atoms with E-state index >= 15 is 0 Å². The van der Waals surface area contributed by atoms with Crippen LogP contribution in [0.5, 0.6) is 0 Å². The van der Waals surface area contributed by atoms with Crippen LogP contribution in [0, 0.1) is 0 Å². The van der Waals surface area contributed by atoms with E-state index in [0.717, 1.165) is 45.3 Å². The number of ether oxygens (including phenoxy) is 2. The molecule has 0 spiro atoms. The molecule has 0 radical (unpaired) electrons. The summed E-state index contributed by atoms with van der Waals surface area (Å²) in [6.07, 6.45) is 6.35. The third-order valence-electron chi connectivity index (χ3n) is 3.63. The molecule has 0 unspecified atom stereocenters. The van der Waals surface area contributed by atoms with Crippen molar-refractivity contribution in [3.05, 3.63) is 0 Å². The molecular weight excluding hydrogens is 218 g/mol. The van der Waals surface area contributed by atoms with E-state index in [9.17, 15) is 4.79 Å². The fourth-order valence-corrected chi connectivity index (χ4v) is 2.58. The monoisotopic (exact) mass is 241 g/mol. The Labute approximate surface area is 103 Å². The highest BCUT2D eigenvalue weighted by atomic mass is 16.5. The first kappa shape index (κ1) is 12.8. The smallest absolute Gasteiger partial charge is 0.220 e. The van der Waals surface area contributed by atoms with Crippen LogP contribution in [0.4, 0.5) is 0 Å². The minimum absolute atomic E-state index is 0.128. The molecule has 4 heteroatoms. The van der Waals surface area contributed by atoms with E-state index in [4.69, 9.17) is 9.47 Å². The molecule has 2 aliphatic heterocycles. The lowest BCUT2D eigenvalue weighted by Crippen LogP contribution is -2.40. The maximum atomic E-state index is 11.7. The highest BCUT2D eigenvalue weighted by Crippen LogP contribution is 2.18. The number of hydrogen-bond donors (Lipinski definition) is 1. The molecule has 4 nitrogen and oxygen atoms in total. The minimum atomic E-state index is 0.128. The number of hydrogen-bond acceptors (Lipinski definition) is 3. The van der Waals surface area contributed by atoms with E-state index in [0.29, 0.717) is 12.5 Å². The van der Waals surface area contributed by atoms with Crippen molar-refractivity contribution >= 4 is 5.91 Å². The van der Waals surface area contributed by atoms with Crippen LogP contribution in [0.25, 0.3) is 0 Å². The first-order valence-electron chi connectivity index (χ1n) is 6.78. The van der Waals surface area contributed by atoms with Gasteiger partial charge in [-0.1, -0.05) is 0 Å². The van der Waals surface area contributed by atoms with Crippen molar-refractivity contribution in [1.29, 1.82) is 0 Å². The second-order valence-electron chi connectivity index (χ2n) is 5.08. The lowest BCUT2D eigenvalue weighted by molar-refractivity contribution is -0.123. The molecule has 98 valence electrons. The van der Waals surface area contributed by atoms with Crippen LogP contribution in [-0.2, 0) is 14.3 Å². The van der Waals surface area contributed by atoms with Gasteiger partial charge in [-0.2, -0.15) is 0 Å². The van der Waals surface area contributed by atoms with Crippen LogP contribution < -0.4 is 5.32 Å². The van der Waals surface area contributed by atoms with Gasteiger partial charge in [-0.05, 0) is 39.0 Å². The summed E-state index contributed by atoms with van der Waals surface area (Å²) in [5.74, 6) is 0.128. The number of amides is 1. The minimum Gasteiger partial charge on any atom is -0.378 e. The fraction of sp³-hybridized carbons (Fsp3) is 0.923. The fourth-order valence-electron chi connectivity index (χ4n) is 2.58. The van der Waals surface area contributed by atoms with Gasteiger partial charge in [-0.15, -0.1) is 0 Å². The summed E-state index contributed by atoms with van der Waals surface area (Å²) >= 11 is 0. The van der Waals surface area contributed by atoms with Crippen LogP contribution in [0.15, 0.2) is 0 Å².